The lowest BCUT2D eigenvalue weighted by Crippen LogP contribution is -2.48. The molecule has 6 heteroatoms. The first-order chi connectivity index (χ1) is 14.1. The van der Waals surface area contributed by atoms with Crippen LogP contribution in [-0.4, -0.2) is 11.0 Å². The molecule has 2 aromatic rings. The van der Waals surface area contributed by atoms with Gasteiger partial charge in [0.25, 0.3) is 0 Å². The van der Waals surface area contributed by atoms with Gasteiger partial charge in [-0.05, 0) is 29.2 Å². The van der Waals surface area contributed by atoms with Crippen molar-refractivity contribution in [2.75, 3.05) is 0 Å². The third-order valence-electron chi connectivity index (χ3n) is 6.18. The van der Waals surface area contributed by atoms with Crippen molar-refractivity contribution < 1.29 is 4.79 Å². The summed E-state index contributed by atoms with van der Waals surface area (Å²) in [6.07, 6.45) is 4.52. The number of amides is 1. The van der Waals surface area contributed by atoms with Crippen LogP contribution in [0.3, 0.4) is 0 Å². The number of fused-ring (bicyclic) bond motifs is 1. The second kappa shape index (κ2) is 7.92. The Balaban J connectivity index is 1.71. The molecule has 0 unspecified atom stereocenters. The molecule has 0 bridgehead atoms. The minimum atomic E-state index is -0.605. The van der Waals surface area contributed by atoms with Gasteiger partial charge >= 0.3 is 0 Å². The van der Waals surface area contributed by atoms with Crippen molar-refractivity contribution in [3.8, 4) is 6.07 Å². The number of aliphatic imine (C=N–C) groups is 1. The Morgan fingerprint density at radius 2 is 1.90 bits per heavy atom. The van der Waals surface area contributed by atoms with E-state index in [1.54, 1.807) is 0 Å². The van der Waals surface area contributed by atoms with Gasteiger partial charge in [0, 0.05) is 11.2 Å². The standard InChI is InChI=1S/C23H24N4OS/c24-13-18-20(25)27-22(19(21(26)28)23(18)11-4-1-5-12-23)29-14-16-9-6-8-15-7-2-3-10-17(15)16/h2-3,6-10,19H,1,4-5,11-12,14,25H2,(H2,26,28)/t19-/m1/s1. The highest BCUT2D eigenvalue weighted by atomic mass is 32.2. The van der Waals surface area contributed by atoms with Gasteiger partial charge in [0.1, 0.15) is 5.82 Å². The van der Waals surface area contributed by atoms with E-state index in [1.807, 2.05) is 18.2 Å². The average Bonchev–Trinajstić information content (AvgIpc) is 2.72. The highest BCUT2D eigenvalue weighted by Crippen LogP contribution is 2.52. The Bertz CT molecular complexity index is 1050. The molecule has 2 aliphatic rings. The average molecular weight is 405 g/mol. The van der Waals surface area contributed by atoms with Crippen LogP contribution in [0.2, 0.25) is 0 Å². The summed E-state index contributed by atoms with van der Waals surface area (Å²) in [6.45, 7) is 0. The number of allylic oxidation sites excluding steroid dienone is 1. The van der Waals surface area contributed by atoms with Crippen LogP contribution < -0.4 is 11.5 Å². The summed E-state index contributed by atoms with van der Waals surface area (Å²) in [5, 5.41) is 12.8. The Morgan fingerprint density at radius 3 is 2.62 bits per heavy atom. The van der Waals surface area contributed by atoms with E-state index in [0.29, 0.717) is 16.4 Å². The molecule has 1 aliphatic carbocycles. The zero-order chi connectivity index (χ0) is 20.4. The molecule has 2 aromatic carbocycles. The van der Waals surface area contributed by atoms with Gasteiger partial charge < -0.3 is 11.5 Å². The van der Waals surface area contributed by atoms with Gasteiger partial charge in [-0.2, -0.15) is 5.26 Å². The Hall–Kier alpha value is -2.78. The molecule has 1 spiro atoms. The lowest BCUT2D eigenvalue weighted by molar-refractivity contribution is -0.123. The molecule has 1 saturated carbocycles. The molecule has 0 radical (unpaired) electrons. The van der Waals surface area contributed by atoms with Crippen molar-refractivity contribution in [1.29, 1.82) is 5.26 Å². The largest absolute Gasteiger partial charge is 0.383 e. The number of hydrogen-bond acceptors (Lipinski definition) is 5. The third-order valence-corrected chi connectivity index (χ3v) is 7.26. The summed E-state index contributed by atoms with van der Waals surface area (Å²) in [6, 6.07) is 16.7. The van der Waals surface area contributed by atoms with Crippen LogP contribution in [0, 0.1) is 22.7 Å². The van der Waals surface area contributed by atoms with Crippen LogP contribution in [0.25, 0.3) is 10.8 Å². The van der Waals surface area contributed by atoms with Gasteiger partial charge in [0.15, 0.2) is 0 Å². The summed E-state index contributed by atoms with van der Waals surface area (Å²) in [5.74, 6) is -0.108. The normalized spacial score (nSPS) is 21.1. The molecule has 0 saturated heterocycles. The Kier molecular flexibility index (Phi) is 5.33. The van der Waals surface area contributed by atoms with E-state index in [4.69, 9.17) is 11.5 Å². The van der Waals surface area contributed by atoms with Crippen molar-refractivity contribution in [2.24, 2.45) is 27.8 Å². The molecule has 29 heavy (non-hydrogen) atoms. The first-order valence-electron chi connectivity index (χ1n) is 9.94. The summed E-state index contributed by atoms with van der Waals surface area (Å²) in [4.78, 5) is 17.1. The second-order valence-corrected chi connectivity index (χ2v) is 8.80. The molecular formula is C23H24N4OS. The van der Waals surface area contributed by atoms with E-state index in [9.17, 15) is 10.1 Å². The maximum absolute atomic E-state index is 12.6. The Labute approximate surface area is 174 Å². The second-order valence-electron chi connectivity index (χ2n) is 7.80. The Morgan fingerprint density at radius 1 is 1.17 bits per heavy atom. The number of nitrogens with zero attached hydrogens (tertiary/aromatic N) is 2. The minimum absolute atomic E-state index is 0.243. The molecule has 1 fully saturated rings. The summed E-state index contributed by atoms with van der Waals surface area (Å²) >= 11 is 1.51. The quantitative estimate of drug-likeness (QED) is 0.798. The molecule has 148 valence electrons. The predicted octanol–water partition coefficient (Wildman–Crippen LogP) is 4.23. The molecule has 4 rings (SSSR count). The van der Waals surface area contributed by atoms with Gasteiger partial charge in [0.05, 0.1) is 22.6 Å². The van der Waals surface area contributed by atoms with Gasteiger partial charge in [-0.15, -0.1) is 11.8 Å². The van der Waals surface area contributed by atoms with E-state index in [1.165, 1.54) is 28.1 Å². The fraction of sp³-hybridized carbons (Fsp3) is 0.348. The van der Waals surface area contributed by atoms with Gasteiger partial charge in [-0.1, -0.05) is 61.7 Å². The van der Waals surface area contributed by atoms with Crippen molar-refractivity contribution in [3.05, 3.63) is 59.4 Å². The molecule has 1 heterocycles. The molecule has 1 aliphatic heterocycles. The number of primary amides is 1. The van der Waals surface area contributed by atoms with E-state index in [0.717, 1.165) is 32.1 Å². The van der Waals surface area contributed by atoms with Crippen LogP contribution in [-0.2, 0) is 10.5 Å². The van der Waals surface area contributed by atoms with Crippen molar-refractivity contribution in [1.82, 2.24) is 0 Å². The molecular weight excluding hydrogens is 380 g/mol. The van der Waals surface area contributed by atoms with E-state index in [-0.39, 0.29) is 5.82 Å². The van der Waals surface area contributed by atoms with Crippen LogP contribution in [0.15, 0.2) is 58.9 Å². The predicted molar refractivity (Wildman–Crippen MR) is 118 cm³/mol. The van der Waals surface area contributed by atoms with E-state index in [2.05, 4.69) is 35.3 Å². The van der Waals surface area contributed by atoms with Gasteiger partial charge in [-0.25, -0.2) is 4.99 Å². The number of carbonyl (C=O) groups is 1. The fourth-order valence-corrected chi connectivity index (χ4v) is 6.07. The van der Waals surface area contributed by atoms with Crippen LogP contribution in [0.5, 0.6) is 0 Å². The zero-order valence-electron chi connectivity index (χ0n) is 16.2. The number of rotatable bonds is 3. The molecule has 0 aromatic heterocycles. The number of thioether (sulfide) groups is 1. The monoisotopic (exact) mass is 404 g/mol. The maximum atomic E-state index is 12.6. The van der Waals surface area contributed by atoms with Crippen LogP contribution >= 0.6 is 11.8 Å². The third kappa shape index (κ3) is 3.40. The van der Waals surface area contributed by atoms with Crippen molar-refractivity contribution in [3.63, 3.8) is 0 Å². The lowest BCUT2D eigenvalue weighted by Gasteiger charge is -2.44. The van der Waals surface area contributed by atoms with Gasteiger partial charge in [-0.3, -0.25) is 4.79 Å². The van der Waals surface area contributed by atoms with Crippen LogP contribution in [0.1, 0.15) is 37.7 Å². The smallest absolute Gasteiger partial charge is 0.228 e. The number of hydrogen-bond donors (Lipinski definition) is 2. The zero-order valence-corrected chi connectivity index (χ0v) is 17.0. The summed E-state index contributed by atoms with van der Waals surface area (Å²) in [5.41, 5.74) is 13.1. The highest BCUT2D eigenvalue weighted by molar-refractivity contribution is 8.13. The first kappa shape index (κ1) is 19.5. The minimum Gasteiger partial charge on any atom is -0.383 e. The fourth-order valence-electron chi connectivity index (χ4n) is 4.84. The number of nitriles is 1. The van der Waals surface area contributed by atoms with Crippen molar-refractivity contribution >= 4 is 33.5 Å². The van der Waals surface area contributed by atoms with E-state index >= 15 is 0 Å². The molecule has 4 N–H and O–H groups in total. The summed E-state index contributed by atoms with van der Waals surface area (Å²) in [7, 11) is 0. The van der Waals surface area contributed by atoms with Crippen molar-refractivity contribution in [2.45, 2.75) is 37.9 Å². The lowest BCUT2D eigenvalue weighted by atomic mass is 9.61. The van der Waals surface area contributed by atoms with Crippen LogP contribution in [0.4, 0.5) is 0 Å². The van der Waals surface area contributed by atoms with Gasteiger partial charge in [0.2, 0.25) is 5.91 Å². The molecule has 1 atom stereocenters. The number of nitrogens with two attached hydrogens (primary N) is 2. The SMILES string of the molecule is N#CC1=C(N)N=C(SCc2cccc3ccccc23)[C@@H](C(N)=O)C12CCCCC2. The number of benzene rings is 2. The van der Waals surface area contributed by atoms with E-state index < -0.39 is 17.2 Å². The molecule has 5 nitrogen and oxygen atoms in total. The highest BCUT2D eigenvalue weighted by Gasteiger charge is 2.51. The topological polar surface area (TPSA) is 105 Å². The maximum Gasteiger partial charge on any atom is 0.228 e. The molecule has 1 amide bonds. The first-order valence-corrected chi connectivity index (χ1v) is 10.9. The summed E-state index contributed by atoms with van der Waals surface area (Å²) < 4.78 is 0. The number of carbonyl (C=O) groups excluding carboxylic acids is 1.